The van der Waals surface area contributed by atoms with Crippen LogP contribution >= 0.6 is 0 Å². The Bertz CT molecular complexity index is 1290. The summed E-state index contributed by atoms with van der Waals surface area (Å²) >= 11 is 0. The number of hydrogen-bond donors (Lipinski definition) is 8. The van der Waals surface area contributed by atoms with Crippen molar-refractivity contribution in [3.63, 3.8) is 0 Å². The maximum absolute atomic E-state index is 4.56. The Kier molecular flexibility index (Phi) is 12.2. The third-order valence-electron chi connectivity index (χ3n) is 18.3. The molecule has 9 heteroatoms. The molecule has 9 fully saturated rings. The third-order valence-corrected chi connectivity index (χ3v) is 18.3. The molecule has 8 nitrogen and oxygen atoms in total. The molecular weight excluding hydrogens is 754 g/mol. The first kappa shape index (κ1) is 43.9. The average molecular weight is 843 g/mol. The SMILES string of the molecule is CC(C)(C)C1C2C3NC4NC(NC5NC(NC6NC(NC(N3)C2C(C(C)(C)C)C(C(C)(C)C)C1C(C)(C)C)C1CCCCC61)C1CCCCC51)C1CCCCC41.[Zn]. The van der Waals surface area contributed by atoms with Crippen molar-refractivity contribution >= 4 is 0 Å². The molecule has 0 aromatic carbocycles. The smallest absolute Gasteiger partial charge is 0.0631 e. The molecule has 20 unspecified atom stereocenters. The van der Waals surface area contributed by atoms with Crippen LogP contribution in [0.3, 0.4) is 0 Å². The maximum Gasteiger partial charge on any atom is 0.0631 e. The van der Waals surface area contributed by atoms with Crippen molar-refractivity contribution in [3.8, 4) is 0 Å². The molecule has 0 spiro atoms. The molecule has 5 aliphatic heterocycles. The van der Waals surface area contributed by atoms with Crippen molar-refractivity contribution in [1.29, 1.82) is 0 Å². The molecule has 9 rings (SSSR count). The summed E-state index contributed by atoms with van der Waals surface area (Å²) in [4.78, 5) is 0. The van der Waals surface area contributed by atoms with Crippen molar-refractivity contribution in [3.05, 3.63) is 0 Å². The number of fused-ring (bicyclic) bond motifs is 20. The third kappa shape index (κ3) is 7.86. The zero-order chi connectivity index (χ0) is 39.7. The summed E-state index contributed by atoms with van der Waals surface area (Å²) in [6.07, 6.45) is 18.9. The average Bonchev–Trinajstić information content (AvgIpc) is 3.84. The fourth-order valence-electron chi connectivity index (χ4n) is 16.6. The molecule has 5 saturated heterocycles. The molecule has 0 aromatic heterocycles. The Morgan fingerprint density at radius 1 is 0.263 bits per heavy atom. The summed E-state index contributed by atoms with van der Waals surface area (Å²) in [5, 5.41) is 35.4. The molecule has 0 radical (unpaired) electrons. The van der Waals surface area contributed by atoms with E-state index in [-0.39, 0.29) is 53.5 Å². The van der Waals surface area contributed by atoms with E-state index in [1.807, 2.05) is 0 Å². The van der Waals surface area contributed by atoms with Crippen molar-refractivity contribution in [1.82, 2.24) is 42.5 Å². The Balaban J connectivity index is 0.00000455. The van der Waals surface area contributed by atoms with Crippen LogP contribution in [0.2, 0.25) is 0 Å². The van der Waals surface area contributed by atoms with Gasteiger partial charge in [0.25, 0.3) is 0 Å². The van der Waals surface area contributed by atoms with Gasteiger partial charge >= 0.3 is 0 Å². The van der Waals surface area contributed by atoms with Crippen LogP contribution in [-0.4, -0.2) is 49.3 Å². The minimum Gasteiger partial charge on any atom is -0.286 e. The van der Waals surface area contributed by atoms with Crippen LogP contribution < -0.4 is 42.5 Å². The van der Waals surface area contributed by atoms with Gasteiger partial charge in [-0.05, 0) is 131 Å². The molecule has 4 aliphatic carbocycles. The molecule has 9 aliphatic rings. The molecule has 8 N–H and O–H groups in total. The van der Waals surface area contributed by atoms with Gasteiger partial charge in [-0.2, -0.15) is 0 Å². The molecular formula is C48H88N8Zn. The molecule has 5 heterocycles. The first-order valence-corrected chi connectivity index (χ1v) is 24.4. The summed E-state index contributed by atoms with van der Waals surface area (Å²) in [5.41, 5.74) is 0.712. The summed E-state index contributed by atoms with van der Waals surface area (Å²) in [7, 11) is 0. The second-order valence-electron chi connectivity index (χ2n) is 25.7. The van der Waals surface area contributed by atoms with E-state index < -0.39 is 0 Å². The quantitative estimate of drug-likeness (QED) is 0.118. The fraction of sp³-hybridized carbons (Fsp3) is 1.00. The van der Waals surface area contributed by atoms with Crippen LogP contribution in [0, 0.1) is 92.7 Å². The van der Waals surface area contributed by atoms with Gasteiger partial charge in [0.1, 0.15) is 0 Å². The van der Waals surface area contributed by atoms with Crippen molar-refractivity contribution < 1.29 is 19.5 Å². The van der Waals surface area contributed by atoms with E-state index in [1.54, 1.807) is 0 Å². The van der Waals surface area contributed by atoms with E-state index in [2.05, 4.69) is 126 Å². The molecule has 0 amide bonds. The van der Waals surface area contributed by atoms with Crippen molar-refractivity contribution in [2.24, 2.45) is 92.7 Å². The topological polar surface area (TPSA) is 96.2 Å². The van der Waals surface area contributed by atoms with Crippen LogP contribution in [0.25, 0.3) is 0 Å². The van der Waals surface area contributed by atoms with Crippen LogP contribution in [0.5, 0.6) is 0 Å². The molecule has 20 atom stereocenters. The zero-order valence-electron chi connectivity index (χ0n) is 38.7. The Morgan fingerprint density at radius 2 is 0.439 bits per heavy atom. The second kappa shape index (κ2) is 15.8. The van der Waals surface area contributed by atoms with Crippen LogP contribution in [0.1, 0.15) is 160 Å². The van der Waals surface area contributed by atoms with E-state index in [9.17, 15) is 0 Å². The van der Waals surface area contributed by atoms with Crippen molar-refractivity contribution in [2.45, 2.75) is 209 Å². The predicted octanol–water partition coefficient (Wildman–Crippen LogP) is 7.69. The largest absolute Gasteiger partial charge is 0.286 e. The van der Waals surface area contributed by atoms with Crippen LogP contribution in [0.4, 0.5) is 0 Å². The Labute approximate surface area is 362 Å². The van der Waals surface area contributed by atoms with Gasteiger partial charge < -0.3 is 0 Å². The Hall–Kier alpha value is 0.303. The maximum atomic E-state index is 4.56. The monoisotopic (exact) mass is 841 g/mol. The van der Waals surface area contributed by atoms with Crippen LogP contribution in [0.15, 0.2) is 0 Å². The summed E-state index contributed by atoms with van der Waals surface area (Å²) < 4.78 is 0. The second-order valence-corrected chi connectivity index (χ2v) is 25.7. The van der Waals surface area contributed by atoms with E-state index in [4.69, 9.17) is 0 Å². The van der Waals surface area contributed by atoms with E-state index in [0.29, 0.717) is 108 Å². The Morgan fingerprint density at radius 3 is 0.632 bits per heavy atom. The van der Waals surface area contributed by atoms with Gasteiger partial charge in [-0.1, -0.05) is 122 Å². The summed E-state index contributed by atoms with van der Waals surface area (Å²) in [6.45, 7) is 31.2. The first-order chi connectivity index (χ1) is 26.3. The first-order valence-electron chi connectivity index (χ1n) is 24.4. The zero-order valence-corrected chi connectivity index (χ0v) is 41.7. The summed E-state index contributed by atoms with van der Waals surface area (Å²) in [6, 6.07) is 0. The van der Waals surface area contributed by atoms with Gasteiger partial charge in [-0.3, -0.25) is 42.5 Å². The fourth-order valence-corrected chi connectivity index (χ4v) is 16.6. The van der Waals surface area contributed by atoms with Gasteiger partial charge in [0, 0.05) is 19.5 Å². The molecule has 322 valence electrons. The van der Waals surface area contributed by atoms with Gasteiger partial charge in [-0.15, -0.1) is 0 Å². The number of hydrogen-bond acceptors (Lipinski definition) is 8. The van der Waals surface area contributed by atoms with Gasteiger partial charge in [0.05, 0.1) is 49.3 Å². The van der Waals surface area contributed by atoms with Crippen LogP contribution in [-0.2, 0) is 19.5 Å². The van der Waals surface area contributed by atoms with Crippen molar-refractivity contribution in [2.75, 3.05) is 0 Å². The number of nitrogens with one attached hydrogen (secondary N) is 8. The molecule has 57 heavy (non-hydrogen) atoms. The van der Waals surface area contributed by atoms with E-state index in [0.717, 1.165) is 0 Å². The minimum absolute atomic E-state index is 0. The van der Waals surface area contributed by atoms with Gasteiger partial charge in [0.15, 0.2) is 0 Å². The minimum atomic E-state index is 0. The number of rotatable bonds is 0. The summed E-state index contributed by atoms with van der Waals surface area (Å²) in [5.74, 6) is 7.49. The molecule has 8 bridgehead atoms. The molecule has 0 aromatic rings. The van der Waals surface area contributed by atoms with Gasteiger partial charge in [-0.25, -0.2) is 0 Å². The van der Waals surface area contributed by atoms with E-state index >= 15 is 0 Å². The molecule has 4 saturated carbocycles. The normalized spacial score (nSPS) is 50.3. The predicted molar refractivity (Wildman–Crippen MR) is 230 cm³/mol. The van der Waals surface area contributed by atoms with Gasteiger partial charge in [0.2, 0.25) is 0 Å². The van der Waals surface area contributed by atoms with E-state index in [1.165, 1.54) is 77.0 Å². The standard InChI is InChI=1S/C48H88N8.Zn/c1-45(2,3)33-31-32(34(46(4,5)6)36(48(10,11)12)35(33)47(7,8)9)44-55-42-30-24-18-16-22-28(30)40(53-42)51-38-26-20-14-13-19-25(26)37(49-38)50-39-27-21-15-17-23-29(27)41(52-39)54-43(31)56-44;/h25-44,49-56H,13-24H2,1-12H3;.